The predicted molar refractivity (Wildman–Crippen MR) is 123 cm³/mol. The number of alkyl carbamates (subject to hydrolysis) is 1. The van der Waals surface area contributed by atoms with Crippen LogP contribution in [0.5, 0.6) is 0 Å². The Bertz CT molecular complexity index is 735. The number of carbonyl (C=O) groups excluding carboxylic acids is 1. The fourth-order valence-electron chi connectivity index (χ4n) is 3.06. The summed E-state index contributed by atoms with van der Waals surface area (Å²) in [6, 6.07) is 0. The van der Waals surface area contributed by atoms with Crippen LogP contribution in [0.15, 0.2) is 58.4 Å². The molecule has 0 aliphatic carbocycles. The summed E-state index contributed by atoms with van der Waals surface area (Å²) in [5.41, 5.74) is 0.967. The molecule has 1 heterocycles. The minimum Gasteiger partial charge on any atom is -0.495 e. The van der Waals surface area contributed by atoms with Gasteiger partial charge in [-0.05, 0) is 44.8 Å². The summed E-state index contributed by atoms with van der Waals surface area (Å²) in [5.74, 6) is 1.04. The number of aliphatic hydroxyl groups is 1. The summed E-state index contributed by atoms with van der Waals surface area (Å²) < 4.78 is 10.5. The van der Waals surface area contributed by atoms with E-state index in [1.165, 1.54) is 0 Å². The van der Waals surface area contributed by atoms with Crippen molar-refractivity contribution < 1.29 is 19.4 Å². The molecule has 1 amide bonds. The van der Waals surface area contributed by atoms with Crippen molar-refractivity contribution in [2.75, 3.05) is 7.11 Å². The molecule has 0 aromatic heterocycles. The van der Waals surface area contributed by atoms with Crippen molar-refractivity contribution in [2.45, 2.75) is 72.1 Å². The van der Waals surface area contributed by atoms with Crippen molar-refractivity contribution in [3.63, 3.8) is 0 Å². The molecule has 168 valence electrons. The number of hydrogen-bond acceptors (Lipinski definition) is 4. The van der Waals surface area contributed by atoms with E-state index in [-0.39, 0.29) is 6.10 Å². The molecule has 1 saturated heterocycles. The molecule has 0 radical (unpaired) electrons. The Hall–Kier alpha value is -1.98. The summed E-state index contributed by atoms with van der Waals surface area (Å²) in [4.78, 5) is 11.5. The lowest BCUT2D eigenvalue weighted by Crippen LogP contribution is -2.55. The SMILES string of the molecule is C\C=C(/C=C(OC)\C(Cl)=C\C(C)CC)C/C(C)=C/C=C/C[C@@]1(O)CC(C)OC(=O)N1. The average molecular weight is 438 g/mol. The second kappa shape index (κ2) is 12.7. The summed E-state index contributed by atoms with van der Waals surface area (Å²) in [6.07, 6.45) is 13.3. The first kappa shape index (κ1) is 26.1. The Morgan fingerprint density at radius 3 is 2.77 bits per heavy atom. The molecule has 1 aliphatic heterocycles. The number of ether oxygens (including phenoxy) is 2. The highest BCUT2D eigenvalue weighted by molar-refractivity contribution is 6.31. The molecule has 2 N–H and O–H groups in total. The third kappa shape index (κ3) is 9.23. The van der Waals surface area contributed by atoms with Gasteiger partial charge in [-0.1, -0.05) is 67.8 Å². The quantitative estimate of drug-likeness (QED) is 0.319. The van der Waals surface area contributed by atoms with Gasteiger partial charge in [0, 0.05) is 12.8 Å². The Labute approximate surface area is 186 Å². The van der Waals surface area contributed by atoms with Crippen molar-refractivity contribution in [1.82, 2.24) is 5.32 Å². The molecular formula is C24H36ClNO4. The number of hydrogen-bond donors (Lipinski definition) is 2. The van der Waals surface area contributed by atoms with E-state index in [9.17, 15) is 9.90 Å². The maximum absolute atomic E-state index is 11.5. The van der Waals surface area contributed by atoms with Gasteiger partial charge in [0.1, 0.15) is 17.6 Å². The Balaban J connectivity index is 2.75. The first-order valence-electron chi connectivity index (χ1n) is 10.4. The number of amides is 1. The standard InChI is InChI=1S/C24H36ClNO4/c1-7-17(3)14-21(25)22(29-6)15-20(8-2)13-18(4)11-9-10-12-24(28)16-19(5)30-23(27)26-24/h8-11,14-15,17,19,28H,7,12-13,16H2,1-6H3,(H,26,27)/b10-9+,18-11+,20-8-,21-14-,22-15+/t17?,19?,24-/m1/s1. The van der Waals surface area contributed by atoms with Crippen LogP contribution >= 0.6 is 11.6 Å². The Morgan fingerprint density at radius 2 is 2.20 bits per heavy atom. The molecule has 0 spiro atoms. The second-order valence-electron chi connectivity index (χ2n) is 7.88. The lowest BCUT2D eigenvalue weighted by atomic mass is 10.0. The van der Waals surface area contributed by atoms with Gasteiger partial charge in [0.15, 0.2) is 0 Å². The zero-order valence-electron chi connectivity index (χ0n) is 19.0. The average Bonchev–Trinajstić information content (AvgIpc) is 2.67. The number of carbonyl (C=O) groups is 1. The molecule has 0 saturated carbocycles. The van der Waals surface area contributed by atoms with Crippen LogP contribution in [0.25, 0.3) is 0 Å². The fourth-order valence-corrected chi connectivity index (χ4v) is 3.41. The van der Waals surface area contributed by atoms with E-state index < -0.39 is 11.8 Å². The summed E-state index contributed by atoms with van der Waals surface area (Å²) in [7, 11) is 1.62. The van der Waals surface area contributed by atoms with Gasteiger partial charge in [-0.25, -0.2) is 4.79 Å². The van der Waals surface area contributed by atoms with Crippen molar-refractivity contribution in [1.29, 1.82) is 0 Å². The maximum atomic E-state index is 11.5. The van der Waals surface area contributed by atoms with Crippen LogP contribution < -0.4 is 5.32 Å². The van der Waals surface area contributed by atoms with Crippen molar-refractivity contribution >= 4 is 17.7 Å². The zero-order chi connectivity index (χ0) is 22.7. The normalized spacial score (nSPS) is 25.2. The molecule has 0 bridgehead atoms. The van der Waals surface area contributed by atoms with Crippen LogP contribution in [0, 0.1) is 5.92 Å². The van der Waals surface area contributed by atoms with Crippen molar-refractivity contribution in [3.8, 4) is 0 Å². The maximum Gasteiger partial charge on any atom is 0.409 e. The van der Waals surface area contributed by atoms with E-state index in [1.54, 1.807) is 14.0 Å². The summed E-state index contributed by atoms with van der Waals surface area (Å²) >= 11 is 6.42. The predicted octanol–water partition coefficient (Wildman–Crippen LogP) is 6.12. The highest BCUT2D eigenvalue weighted by Crippen LogP contribution is 2.24. The third-order valence-corrected chi connectivity index (χ3v) is 5.25. The molecule has 0 aromatic carbocycles. The van der Waals surface area contributed by atoms with Crippen molar-refractivity contribution in [2.24, 2.45) is 5.92 Å². The van der Waals surface area contributed by atoms with E-state index in [0.717, 1.165) is 24.0 Å². The minimum absolute atomic E-state index is 0.311. The lowest BCUT2D eigenvalue weighted by molar-refractivity contribution is -0.0655. The van der Waals surface area contributed by atoms with Crippen LogP contribution in [0.3, 0.4) is 0 Å². The third-order valence-electron chi connectivity index (χ3n) is 4.94. The van der Waals surface area contributed by atoms with Gasteiger partial charge >= 0.3 is 6.09 Å². The molecular weight excluding hydrogens is 402 g/mol. The number of nitrogens with one attached hydrogen (secondary N) is 1. The van der Waals surface area contributed by atoms with E-state index in [4.69, 9.17) is 21.1 Å². The summed E-state index contributed by atoms with van der Waals surface area (Å²) in [5, 5.41) is 13.6. The van der Waals surface area contributed by atoms with Gasteiger partial charge in [0.2, 0.25) is 0 Å². The number of methoxy groups -OCH3 is 1. The topological polar surface area (TPSA) is 67.8 Å². The number of halogens is 1. The van der Waals surface area contributed by atoms with Gasteiger partial charge in [-0.15, -0.1) is 0 Å². The molecule has 1 fully saturated rings. The second-order valence-corrected chi connectivity index (χ2v) is 8.28. The van der Waals surface area contributed by atoms with Gasteiger partial charge in [-0.3, -0.25) is 5.32 Å². The molecule has 3 atom stereocenters. The Morgan fingerprint density at radius 1 is 1.50 bits per heavy atom. The monoisotopic (exact) mass is 437 g/mol. The van der Waals surface area contributed by atoms with Gasteiger partial charge < -0.3 is 14.6 Å². The summed E-state index contributed by atoms with van der Waals surface area (Å²) in [6.45, 7) is 10.0. The number of allylic oxidation sites excluding steroid dienone is 8. The van der Waals surface area contributed by atoms with Gasteiger partial charge in [0.25, 0.3) is 0 Å². The van der Waals surface area contributed by atoms with Gasteiger partial charge in [0.05, 0.1) is 12.1 Å². The largest absolute Gasteiger partial charge is 0.495 e. The molecule has 2 unspecified atom stereocenters. The van der Waals surface area contributed by atoms with E-state index in [1.807, 2.05) is 50.3 Å². The van der Waals surface area contributed by atoms with E-state index >= 15 is 0 Å². The van der Waals surface area contributed by atoms with Gasteiger partial charge in [-0.2, -0.15) is 0 Å². The molecule has 6 heteroatoms. The first-order valence-corrected chi connectivity index (χ1v) is 10.8. The highest BCUT2D eigenvalue weighted by atomic mass is 35.5. The highest BCUT2D eigenvalue weighted by Gasteiger charge is 2.36. The fraction of sp³-hybridized carbons (Fsp3) is 0.542. The Kier molecular flexibility index (Phi) is 11.0. The number of cyclic esters (lactones) is 1. The minimum atomic E-state index is -1.27. The number of rotatable bonds is 10. The smallest absolute Gasteiger partial charge is 0.409 e. The van der Waals surface area contributed by atoms with Crippen LogP contribution in [-0.4, -0.2) is 30.1 Å². The lowest BCUT2D eigenvalue weighted by Gasteiger charge is -2.35. The molecule has 1 aliphatic rings. The molecule has 1 rings (SSSR count). The van der Waals surface area contributed by atoms with Crippen LogP contribution in [0.4, 0.5) is 4.79 Å². The molecule has 30 heavy (non-hydrogen) atoms. The van der Waals surface area contributed by atoms with Crippen LogP contribution in [0.2, 0.25) is 0 Å². The first-order chi connectivity index (χ1) is 14.1. The van der Waals surface area contributed by atoms with Crippen LogP contribution in [0.1, 0.15) is 60.3 Å². The van der Waals surface area contributed by atoms with Crippen LogP contribution in [-0.2, 0) is 9.47 Å². The molecule has 0 aromatic rings. The van der Waals surface area contributed by atoms with Crippen molar-refractivity contribution in [3.05, 3.63) is 58.4 Å². The van der Waals surface area contributed by atoms with E-state index in [2.05, 4.69) is 19.2 Å². The molecule has 5 nitrogen and oxygen atoms in total. The van der Waals surface area contributed by atoms with E-state index in [0.29, 0.717) is 29.6 Å². The zero-order valence-corrected chi connectivity index (χ0v) is 19.8.